The van der Waals surface area contributed by atoms with E-state index in [1.54, 1.807) is 13.8 Å². The molecule has 2 rings (SSSR count). The largest absolute Gasteiger partial charge is 0.416 e. The maximum atomic E-state index is 14.1. The van der Waals surface area contributed by atoms with Crippen LogP contribution in [0.15, 0.2) is 47.4 Å². The molecule has 5 nitrogen and oxygen atoms in total. The summed E-state index contributed by atoms with van der Waals surface area (Å²) < 4.78 is 77.9. The third kappa shape index (κ3) is 4.68. The highest BCUT2D eigenvalue weighted by Crippen LogP contribution is 2.30. The molecule has 0 aliphatic heterocycles. The first-order valence-electron chi connectivity index (χ1n) is 8.29. The number of hydrogen-bond donors (Lipinski definition) is 1. The Kier molecular flexibility index (Phi) is 6.45. The van der Waals surface area contributed by atoms with Gasteiger partial charge in [0, 0.05) is 24.3 Å². The Morgan fingerprint density at radius 2 is 1.61 bits per heavy atom. The van der Waals surface area contributed by atoms with E-state index in [0.717, 1.165) is 46.8 Å². The van der Waals surface area contributed by atoms with Crippen LogP contribution < -0.4 is 5.32 Å². The molecule has 0 saturated heterocycles. The molecule has 0 saturated carbocycles. The molecule has 0 aliphatic rings. The Morgan fingerprint density at radius 1 is 1.04 bits per heavy atom. The number of benzene rings is 2. The van der Waals surface area contributed by atoms with Crippen LogP contribution in [0.5, 0.6) is 0 Å². The van der Waals surface area contributed by atoms with E-state index in [0.29, 0.717) is 0 Å². The number of carbonyl (C=O) groups is 1. The molecule has 28 heavy (non-hydrogen) atoms. The fraction of sp³-hybridized carbons (Fsp3) is 0.278. The molecular formula is C18H18F4N2O3S. The second kappa shape index (κ2) is 8.27. The van der Waals surface area contributed by atoms with Crippen LogP contribution >= 0.6 is 0 Å². The van der Waals surface area contributed by atoms with Crippen molar-refractivity contribution in [2.24, 2.45) is 0 Å². The summed E-state index contributed by atoms with van der Waals surface area (Å²) in [5.74, 6) is -1.78. The molecule has 152 valence electrons. The van der Waals surface area contributed by atoms with Crippen LogP contribution in [0.2, 0.25) is 0 Å². The maximum Gasteiger partial charge on any atom is 0.416 e. The van der Waals surface area contributed by atoms with Crippen molar-refractivity contribution >= 4 is 21.6 Å². The smallest absolute Gasteiger partial charge is 0.322 e. The number of alkyl halides is 3. The van der Waals surface area contributed by atoms with Gasteiger partial charge in [0.05, 0.1) is 5.56 Å². The molecule has 0 unspecified atom stereocenters. The quantitative estimate of drug-likeness (QED) is 0.718. The predicted molar refractivity (Wildman–Crippen MR) is 95.9 cm³/mol. The fourth-order valence-electron chi connectivity index (χ4n) is 2.49. The van der Waals surface area contributed by atoms with Crippen LogP contribution in [-0.2, 0) is 16.2 Å². The number of hydrogen-bond acceptors (Lipinski definition) is 3. The van der Waals surface area contributed by atoms with Gasteiger partial charge in [-0.1, -0.05) is 13.8 Å². The van der Waals surface area contributed by atoms with Gasteiger partial charge in [-0.3, -0.25) is 4.79 Å². The molecule has 1 N–H and O–H groups in total. The first kappa shape index (κ1) is 21.8. The highest BCUT2D eigenvalue weighted by molar-refractivity contribution is 7.89. The molecule has 0 fully saturated rings. The zero-order valence-corrected chi connectivity index (χ0v) is 15.9. The first-order valence-corrected chi connectivity index (χ1v) is 9.73. The number of nitrogens with one attached hydrogen (secondary N) is 1. The van der Waals surface area contributed by atoms with E-state index in [1.807, 2.05) is 0 Å². The summed E-state index contributed by atoms with van der Waals surface area (Å²) in [7, 11) is -4.13. The average molecular weight is 418 g/mol. The lowest BCUT2D eigenvalue weighted by Crippen LogP contribution is -2.31. The molecule has 0 radical (unpaired) electrons. The Labute approximate surface area is 160 Å². The topological polar surface area (TPSA) is 66.5 Å². The van der Waals surface area contributed by atoms with E-state index >= 15 is 0 Å². The number of sulfonamides is 1. The second-order valence-electron chi connectivity index (χ2n) is 5.76. The van der Waals surface area contributed by atoms with Crippen molar-refractivity contribution in [3.8, 4) is 0 Å². The van der Waals surface area contributed by atoms with Gasteiger partial charge >= 0.3 is 6.18 Å². The van der Waals surface area contributed by atoms with Crippen LogP contribution in [0, 0.1) is 5.82 Å². The average Bonchev–Trinajstić information content (AvgIpc) is 2.62. The number of rotatable bonds is 6. The summed E-state index contributed by atoms with van der Waals surface area (Å²) in [6.45, 7) is 3.45. The van der Waals surface area contributed by atoms with Gasteiger partial charge in [-0.2, -0.15) is 17.5 Å². The van der Waals surface area contributed by atoms with Gasteiger partial charge in [0.15, 0.2) is 0 Å². The Bertz CT molecular complexity index is 954. The molecule has 2 aromatic carbocycles. The van der Waals surface area contributed by atoms with E-state index in [9.17, 15) is 30.8 Å². The van der Waals surface area contributed by atoms with Gasteiger partial charge in [-0.25, -0.2) is 12.8 Å². The maximum absolute atomic E-state index is 14.1. The lowest BCUT2D eigenvalue weighted by molar-refractivity contribution is -0.137. The van der Waals surface area contributed by atoms with E-state index in [1.165, 1.54) is 0 Å². The minimum Gasteiger partial charge on any atom is -0.322 e. The normalized spacial score (nSPS) is 12.2. The van der Waals surface area contributed by atoms with Crippen LogP contribution in [0.4, 0.5) is 23.2 Å². The highest BCUT2D eigenvalue weighted by atomic mass is 32.2. The van der Waals surface area contributed by atoms with Crippen LogP contribution in [0.25, 0.3) is 0 Å². The summed E-state index contributed by atoms with van der Waals surface area (Å²) in [5, 5.41) is 2.36. The molecule has 10 heteroatoms. The van der Waals surface area contributed by atoms with Gasteiger partial charge in [0.2, 0.25) is 10.0 Å². The minimum atomic E-state index is -4.51. The van der Waals surface area contributed by atoms with Crippen molar-refractivity contribution in [3.63, 3.8) is 0 Å². The van der Waals surface area contributed by atoms with E-state index in [2.05, 4.69) is 5.32 Å². The molecule has 0 bridgehead atoms. The minimum absolute atomic E-state index is 0.0791. The Hall–Kier alpha value is -2.46. The summed E-state index contributed by atoms with van der Waals surface area (Å²) >= 11 is 0. The third-order valence-electron chi connectivity index (χ3n) is 3.99. The predicted octanol–water partition coefficient (Wildman–Crippen LogP) is 4.13. The van der Waals surface area contributed by atoms with Crippen LogP contribution in [0.1, 0.15) is 29.8 Å². The van der Waals surface area contributed by atoms with Crippen molar-refractivity contribution in [2.45, 2.75) is 24.9 Å². The number of anilines is 1. The SMILES string of the molecule is CCN(CC)S(=O)(=O)c1cc(C(=O)Nc2ccc(C(F)(F)F)cc2)ccc1F. The lowest BCUT2D eigenvalue weighted by Gasteiger charge is -2.19. The van der Waals surface area contributed by atoms with Gasteiger partial charge in [0.1, 0.15) is 10.7 Å². The van der Waals surface area contributed by atoms with Crippen molar-refractivity contribution in [1.29, 1.82) is 0 Å². The van der Waals surface area contributed by atoms with Crippen LogP contribution in [-0.4, -0.2) is 31.7 Å². The standard InChI is InChI=1S/C18H18F4N2O3S/c1-3-24(4-2)28(26,27)16-11-12(5-10-15(16)19)17(25)23-14-8-6-13(7-9-14)18(20,21)22/h5-11H,3-4H2,1-2H3,(H,23,25). The monoisotopic (exact) mass is 418 g/mol. The lowest BCUT2D eigenvalue weighted by atomic mass is 10.1. The molecule has 1 amide bonds. The Morgan fingerprint density at radius 3 is 2.11 bits per heavy atom. The van der Waals surface area contributed by atoms with Crippen molar-refractivity contribution < 1.29 is 30.8 Å². The van der Waals surface area contributed by atoms with Crippen molar-refractivity contribution in [3.05, 3.63) is 59.4 Å². The van der Waals surface area contributed by atoms with E-state index < -0.39 is 38.4 Å². The van der Waals surface area contributed by atoms with Gasteiger partial charge in [0.25, 0.3) is 5.91 Å². The van der Waals surface area contributed by atoms with Crippen molar-refractivity contribution in [1.82, 2.24) is 4.31 Å². The molecule has 0 atom stereocenters. The molecule has 2 aromatic rings. The molecule has 0 spiro atoms. The van der Waals surface area contributed by atoms with E-state index in [4.69, 9.17) is 0 Å². The zero-order valence-electron chi connectivity index (χ0n) is 15.0. The number of carbonyl (C=O) groups excluding carboxylic acids is 1. The summed E-state index contributed by atoms with van der Waals surface area (Å²) in [6.07, 6.45) is -4.51. The third-order valence-corrected chi connectivity index (χ3v) is 6.05. The number of amides is 1. The van der Waals surface area contributed by atoms with Crippen molar-refractivity contribution in [2.75, 3.05) is 18.4 Å². The van der Waals surface area contributed by atoms with E-state index in [-0.39, 0.29) is 24.3 Å². The molecule has 0 aromatic heterocycles. The molecular weight excluding hydrogens is 400 g/mol. The summed E-state index contributed by atoms with van der Waals surface area (Å²) in [6, 6.07) is 6.60. The zero-order chi connectivity index (χ0) is 21.1. The summed E-state index contributed by atoms with van der Waals surface area (Å²) in [5.41, 5.74) is -0.942. The van der Waals surface area contributed by atoms with Crippen LogP contribution in [0.3, 0.4) is 0 Å². The number of nitrogens with zero attached hydrogens (tertiary/aromatic N) is 1. The first-order chi connectivity index (χ1) is 13.0. The van der Waals surface area contributed by atoms with Gasteiger partial charge < -0.3 is 5.32 Å². The van der Waals surface area contributed by atoms with Gasteiger partial charge in [-0.15, -0.1) is 0 Å². The highest BCUT2D eigenvalue weighted by Gasteiger charge is 2.30. The summed E-state index contributed by atoms with van der Waals surface area (Å²) in [4.78, 5) is 11.7. The number of halogens is 4. The molecule has 0 aliphatic carbocycles. The molecule has 0 heterocycles. The fourth-order valence-corrected chi connectivity index (χ4v) is 4.04. The van der Waals surface area contributed by atoms with Gasteiger partial charge in [-0.05, 0) is 42.5 Å². The second-order valence-corrected chi connectivity index (χ2v) is 7.67. The Balaban J connectivity index is 2.30.